The highest BCUT2D eigenvalue weighted by molar-refractivity contribution is 6.06. The van der Waals surface area contributed by atoms with Gasteiger partial charge in [-0.1, -0.05) is 68.4 Å². The van der Waals surface area contributed by atoms with Gasteiger partial charge in [0, 0.05) is 24.0 Å². The summed E-state index contributed by atoms with van der Waals surface area (Å²) in [5, 5.41) is 15.9. The minimum absolute atomic E-state index is 0.168. The summed E-state index contributed by atoms with van der Waals surface area (Å²) in [4.78, 5) is 68.9. The van der Waals surface area contributed by atoms with Crippen LogP contribution in [0.3, 0.4) is 0 Å². The summed E-state index contributed by atoms with van der Waals surface area (Å²) in [5.41, 5.74) is 1.13. The van der Waals surface area contributed by atoms with Crippen LogP contribution in [0.4, 0.5) is 0 Å². The number of aldehydes is 1. The Hall–Kier alpha value is -4.60. The van der Waals surface area contributed by atoms with Crippen molar-refractivity contribution in [3.63, 3.8) is 0 Å². The van der Waals surface area contributed by atoms with Crippen LogP contribution in [0.2, 0.25) is 0 Å². The first-order valence-electron chi connectivity index (χ1n) is 13.2. The highest BCUT2D eigenvalue weighted by Gasteiger charge is 2.43. The number of fused-ring (bicyclic) bond motifs is 1. The molecule has 3 amide bonds. The van der Waals surface area contributed by atoms with E-state index in [1.807, 2.05) is 42.5 Å². The van der Waals surface area contributed by atoms with Crippen molar-refractivity contribution in [2.45, 2.75) is 50.7 Å². The number of aromatic nitrogens is 1. The van der Waals surface area contributed by atoms with Gasteiger partial charge in [0.05, 0.1) is 12.5 Å². The number of rotatable bonds is 10. The topological polar surface area (TPSA) is 146 Å². The number of benzene rings is 2. The fraction of sp³-hybridized carbons (Fsp3) is 0.333. The van der Waals surface area contributed by atoms with Crippen LogP contribution >= 0.6 is 0 Å². The third-order valence-electron chi connectivity index (χ3n) is 7.15. The standard InChI is InChI=1S/C30H32N4O6/c1-18(2)26(33-29(39)27-23-11-7-6-10-20(23)12-13-31-27)30(40)34-16-21(19-8-4-3-5-9-19)14-24(34)28(38)32-22(17-35)15-25(36)37/h3-13,17-18,21-22,24,26H,14-16H2,1-2H3,(H,32,38)(H,33,39)(H,36,37)/t21-,22+,24+,26+/m1/s1. The van der Waals surface area contributed by atoms with E-state index in [0.29, 0.717) is 11.7 Å². The average Bonchev–Trinajstić information content (AvgIpc) is 3.40. The molecule has 1 saturated heterocycles. The van der Waals surface area contributed by atoms with Gasteiger partial charge in [-0.05, 0) is 29.4 Å². The Balaban J connectivity index is 1.61. The Morgan fingerprint density at radius 1 is 1.02 bits per heavy atom. The minimum Gasteiger partial charge on any atom is -0.481 e. The van der Waals surface area contributed by atoms with E-state index in [2.05, 4.69) is 15.6 Å². The van der Waals surface area contributed by atoms with Crippen molar-refractivity contribution in [1.82, 2.24) is 20.5 Å². The van der Waals surface area contributed by atoms with Crippen molar-refractivity contribution in [2.24, 2.45) is 5.92 Å². The fourth-order valence-corrected chi connectivity index (χ4v) is 5.10. The summed E-state index contributed by atoms with van der Waals surface area (Å²) in [5.74, 6) is -3.29. The molecule has 1 fully saturated rings. The molecule has 40 heavy (non-hydrogen) atoms. The molecule has 3 N–H and O–H groups in total. The highest BCUT2D eigenvalue weighted by atomic mass is 16.4. The molecule has 1 aliphatic rings. The van der Waals surface area contributed by atoms with Crippen molar-refractivity contribution in [3.8, 4) is 0 Å². The Labute approximate surface area is 231 Å². The molecule has 0 aliphatic carbocycles. The smallest absolute Gasteiger partial charge is 0.305 e. The Kier molecular flexibility index (Phi) is 8.88. The van der Waals surface area contributed by atoms with Crippen molar-refractivity contribution in [3.05, 3.63) is 78.1 Å². The number of aliphatic carboxylic acids is 1. The summed E-state index contributed by atoms with van der Waals surface area (Å²) in [6, 6.07) is 15.4. The first-order chi connectivity index (χ1) is 19.2. The maximum absolute atomic E-state index is 14.0. The quantitative estimate of drug-likeness (QED) is 0.333. The zero-order valence-corrected chi connectivity index (χ0v) is 22.3. The molecular weight excluding hydrogens is 512 g/mol. The maximum Gasteiger partial charge on any atom is 0.305 e. The molecule has 208 valence electrons. The summed E-state index contributed by atoms with van der Waals surface area (Å²) in [6.45, 7) is 3.82. The van der Waals surface area contributed by atoms with Gasteiger partial charge in [0.2, 0.25) is 11.8 Å². The SMILES string of the molecule is CC(C)[C@H](NC(=O)c1nccc2ccccc12)C(=O)N1C[C@H](c2ccccc2)C[C@H]1C(=O)N[C@H](C=O)CC(=O)O. The molecule has 0 radical (unpaired) electrons. The molecule has 3 aromatic rings. The van der Waals surface area contributed by atoms with Crippen molar-refractivity contribution >= 4 is 40.7 Å². The molecule has 1 aliphatic heterocycles. The van der Waals surface area contributed by atoms with Crippen LogP contribution in [0.15, 0.2) is 66.9 Å². The van der Waals surface area contributed by atoms with Crippen molar-refractivity contribution in [2.75, 3.05) is 6.54 Å². The minimum atomic E-state index is -1.23. The van der Waals surface area contributed by atoms with Gasteiger partial charge >= 0.3 is 5.97 Å². The van der Waals surface area contributed by atoms with Gasteiger partial charge < -0.3 is 25.4 Å². The summed E-state index contributed by atoms with van der Waals surface area (Å²) in [6.07, 6.45) is 1.62. The number of likely N-dealkylation sites (tertiary alicyclic amines) is 1. The first kappa shape index (κ1) is 28.4. The van der Waals surface area contributed by atoms with E-state index in [9.17, 15) is 24.0 Å². The molecule has 0 bridgehead atoms. The summed E-state index contributed by atoms with van der Waals surface area (Å²) >= 11 is 0. The molecular formula is C30H32N4O6. The van der Waals surface area contributed by atoms with E-state index in [1.165, 1.54) is 11.1 Å². The summed E-state index contributed by atoms with van der Waals surface area (Å²) in [7, 11) is 0. The van der Waals surface area contributed by atoms with Gasteiger partial charge in [-0.2, -0.15) is 0 Å². The number of nitrogens with one attached hydrogen (secondary N) is 2. The van der Waals surface area contributed by atoms with E-state index in [-0.39, 0.29) is 30.5 Å². The van der Waals surface area contributed by atoms with E-state index in [0.717, 1.165) is 10.9 Å². The van der Waals surface area contributed by atoms with Crippen molar-refractivity contribution in [1.29, 1.82) is 0 Å². The number of pyridine rings is 1. The monoisotopic (exact) mass is 544 g/mol. The summed E-state index contributed by atoms with van der Waals surface area (Å²) < 4.78 is 0. The molecule has 10 nitrogen and oxygen atoms in total. The second-order valence-corrected chi connectivity index (χ2v) is 10.3. The molecule has 4 atom stereocenters. The Morgan fingerprint density at radius 2 is 1.73 bits per heavy atom. The first-order valence-corrected chi connectivity index (χ1v) is 13.2. The zero-order valence-electron chi connectivity index (χ0n) is 22.3. The van der Waals surface area contributed by atoms with Gasteiger partial charge in [0.15, 0.2) is 0 Å². The number of hydrogen-bond acceptors (Lipinski definition) is 6. The van der Waals surface area contributed by atoms with Crippen LogP contribution in [0, 0.1) is 5.92 Å². The average molecular weight is 545 g/mol. The van der Waals surface area contributed by atoms with Gasteiger partial charge in [-0.3, -0.25) is 24.2 Å². The number of amides is 3. The van der Waals surface area contributed by atoms with Crippen LogP contribution in [0.25, 0.3) is 10.8 Å². The van der Waals surface area contributed by atoms with Crippen LogP contribution in [-0.2, 0) is 19.2 Å². The van der Waals surface area contributed by atoms with Gasteiger partial charge in [-0.15, -0.1) is 0 Å². The number of carbonyl (C=O) groups is 5. The van der Waals surface area contributed by atoms with Crippen LogP contribution in [-0.4, -0.2) is 69.6 Å². The van der Waals surface area contributed by atoms with Crippen LogP contribution in [0.1, 0.15) is 48.7 Å². The number of hydrogen-bond donors (Lipinski definition) is 3. The number of carboxylic acid groups (broad SMARTS) is 1. The van der Waals surface area contributed by atoms with Gasteiger partial charge in [0.25, 0.3) is 5.91 Å². The highest BCUT2D eigenvalue weighted by Crippen LogP contribution is 2.33. The fourth-order valence-electron chi connectivity index (χ4n) is 5.10. The van der Waals surface area contributed by atoms with Crippen LogP contribution < -0.4 is 10.6 Å². The molecule has 0 saturated carbocycles. The third-order valence-corrected chi connectivity index (χ3v) is 7.15. The lowest BCUT2D eigenvalue weighted by atomic mass is 9.96. The number of carboxylic acids is 1. The lowest BCUT2D eigenvalue weighted by Crippen LogP contribution is -2.56. The normalized spacial score (nSPS) is 18.2. The van der Waals surface area contributed by atoms with Crippen LogP contribution in [0.5, 0.6) is 0 Å². The Morgan fingerprint density at radius 3 is 2.40 bits per heavy atom. The van der Waals surface area contributed by atoms with E-state index >= 15 is 0 Å². The van der Waals surface area contributed by atoms with Crippen molar-refractivity contribution < 1.29 is 29.1 Å². The lowest BCUT2D eigenvalue weighted by Gasteiger charge is -2.31. The molecule has 0 spiro atoms. The Bertz CT molecular complexity index is 1400. The number of nitrogens with zero attached hydrogens (tertiary/aromatic N) is 2. The molecule has 1 aromatic heterocycles. The van der Waals surface area contributed by atoms with Gasteiger partial charge in [-0.25, -0.2) is 0 Å². The second-order valence-electron chi connectivity index (χ2n) is 10.3. The van der Waals surface area contributed by atoms with E-state index < -0.39 is 48.2 Å². The maximum atomic E-state index is 14.0. The van der Waals surface area contributed by atoms with E-state index in [1.54, 1.807) is 32.0 Å². The van der Waals surface area contributed by atoms with E-state index in [4.69, 9.17) is 5.11 Å². The third kappa shape index (κ3) is 6.33. The van der Waals surface area contributed by atoms with Gasteiger partial charge in [0.1, 0.15) is 24.1 Å². The molecule has 4 rings (SSSR count). The molecule has 10 heteroatoms. The second kappa shape index (κ2) is 12.5. The molecule has 2 heterocycles. The molecule has 0 unspecified atom stereocenters. The lowest BCUT2D eigenvalue weighted by molar-refractivity contribution is -0.142. The largest absolute Gasteiger partial charge is 0.481 e. The zero-order chi connectivity index (χ0) is 28.8. The number of carbonyl (C=O) groups excluding carboxylic acids is 4. The predicted molar refractivity (Wildman–Crippen MR) is 147 cm³/mol. The predicted octanol–water partition coefficient (Wildman–Crippen LogP) is 2.53. The molecule has 2 aromatic carbocycles.